The average Bonchev–Trinajstić information content (AvgIpc) is 3.11. The van der Waals surface area contributed by atoms with E-state index in [1.165, 1.54) is 11.1 Å². The Hall–Kier alpha value is -2.18. The predicted octanol–water partition coefficient (Wildman–Crippen LogP) is 3.01. The van der Waals surface area contributed by atoms with Crippen LogP contribution in [-0.2, 0) is 13.1 Å². The number of nitrogen functional groups attached to an aromatic ring is 1. The van der Waals surface area contributed by atoms with E-state index in [4.69, 9.17) is 5.73 Å². The fourth-order valence-corrected chi connectivity index (χ4v) is 4.02. The van der Waals surface area contributed by atoms with Crippen molar-refractivity contribution >= 4 is 33.3 Å². The number of aryl methyl sites for hydroxylation is 1. The molecule has 0 spiro atoms. The van der Waals surface area contributed by atoms with Gasteiger partial charge in [-0.3, -0.25) is 4.90 Å². The van der Waals surface area contributed by atoms with Crippen LogP contribution >= 0.6 is 11.3 Å². The molecule has 0 fully saturated rings. The lowest BCUT2D eigenvalue weighted by molar-refractivity contribution is 0.296. The lowest BCUT2D eigenvalue weighted by atomic mass is 10.1. The summed E-state index contributed by atoms with van der Waals surface area (Å²) in [5.74, 6) is 1.18. The summed E-state index contributed by atoms with van der Waals surface area (Å²) in [4.78, 5) is 11.1. The minimum absolute atomic E-state index is 0.329. The Labute approximate surface area is 139 Å². The number of anilines is 2. The molecular formula is C17H19N5S. The van der Waals surface area contributed by atoms with Crippen molar-refractivity contribution in [1.29, 1.82) is 0 Å². The van der Waals surface area contributed by atoms with E-state index in [1.807, 2.05) is 0 Å². The molecule has 1 aliphatic heterocycles. The summed E-state index contributed by atoms with van der Waals surface area (Å²) in [6.07, 6.45) is 0. The number of hydrogen-bond acceptors (Lipinski definition) is 6. The minimum Gasteiger partial charge on any atom is -0.368 e. The van der Waals surface area contributed by atoms with Crippen LogP contribution in [0.3, 0.4) is 0 Å². The van der Waals surface area contributed by atoms with Gasteiger partial charge in [-0.15, -0.1) is 11.3 Å². The van der Waals surface area contributed by atoms with Crippen LogP contribution in [0.5, 0.6) is 0 Å². The molecule has 118 valence electrons. The zero-order valence-electron chi connectivity index (χ0n) is 13.0. The van der Waals surface area contributed by atoms with Crippen molar-refractivity contribution in [3.8, 4) is 0 Å². The van der Waals surface area contributed by atoms with Gasteiger partial charge in [-0.1, -0.05) is 24.3 Å². The van der Waals surface area contributed by atoms with Gasteiger partial charge in [0, 0.05) is 26.2 Å². The Morgan fingerprint density at radius 2 is 1.96 bits per heavy atom. The lowest BCUT2D eigenvalue weighted by Gasteiger charge is -2.15. The summed E-state index contributed by atoms with van der Waals surface area (Å²) < 4.78 is 1.08. The van der Waals surface area contributed by atoms with Crippen molar-refractivity contribution in [3.05, 3.63) is 46.3 Å². The Kier molecular flexibility index (Phi) is 3.63. The van der Waals surface area contributed by atoms with E-state index in [-0.39, 0.29) is 0 Å². The van der Waals surface area contributed by atoms with Gasteiger partial charge in [0.05, 0.1) is 10.2 Å². The van der Waals surface area contributed by atoms with E-state index < -0.39 is 0 Å². The van der Waals surface area contributed by atoms with Gasteiger partial charge < -0.3 is 11.1 Å². The summed E-state index contributed by atoms with van der Waals surface area (Å²) >= 11 is 1.67. The zero-order valence-corrected chi connectivity index (χ0v) is 13.9. The van der Waals surface area contributed by atoms with Gasteiger partial charge in [-0.05, 0) is 29.0 Å². The standard InChI is InChI=1S/C17H19N5S/c1-11-10-23-15-14(11)20-17(18)21-16(15)19-6-7-22-8-12-4-2-3-5-13(12)9-22/h2-5,10H,6-9H2,1H3,(H3,18,19,20,21). The van der Waals surface area contributed by atoms with Crippen molar-refractivity contribution in [2.45, 2.75) is 20.0 Å². The maximum atomic E-state index is 5.84. The molecule has 0 saturated carbocycles. The molecule has 23 heavy (non-hydrogen) atoms. The maximum absolute atomic E-state index is 5.84. The highest BCUT2D eigenvalue weighted by Gasteiger charge is 2.17. The Morgan fingerprint density at radius 3 is 2.70 bits per heavy atom. The SMILES string of the molecule is Cc1csc2c(NCCN3Cc4ccccc4C3)nc(N)nc12. The number of nitrogens with two attached hydrogens (primary N) is 1. The average molecular weight is 325 g/mol. The van der Waals surface area contributed by atoms with E-state index in [0.29, 0.717) is 5.95 Å². The number of nitrogens with one attached hydrogen (secondary N) is 1. The zero-order chi connectivity index (χ0) is 15.8. The third-order valence-corrected chi connectivity index (χ3v) is 5.33. The summed E-state index contributed by atoms with van der Waals surface area (Å²) in [6, 6.07) is 8.65. The molecule has 2 aromatic heterocycles. The van der Waals surface area contributed by atoms with E-state index in [1.54, 1.807) is 11.3 Å². The van der Waals surface area contributed by atoms with Crippen molar-refractivity contribution < 1.29 is 0 Å². The summed E-state index contributed by atoms with van der Waals surface area (Å²) in [6.45, 7) is 5.92. The molecule has 6 heteroatoms. The van der Waals surface area contributed by atoms with Crippen molar-refractivity contribution in [1.82, 2.24) is 14.9 Å². The van der Waals surface area contributed by atoms with Gasteiger partial charge in [0.15, 0.2) is 0 Å². The first kappa shape index (κ1) is 14.4. The van der Waals surface area contributed by atoms with Gasteiger partial charge in [0.2, 0.25) is 5.95 Å². The molecule has 3 heterocycles. The summed E-state index contributed by atoms with van der Waals surface area (Å²) in [7, 11) is 0. The smallest absolute Gasteiger partial charge is 0.222 e. The molecule has 5 nitrogen and oxygen atoms in total. The maximum Gasteiger partial charge on any atom is 0.222 e. The van der Waals surface area contributed by atoms with E-state index in [2.05, 4.69) is 56.8 Å². The van der Waals surface area contributed by atoms with Crippen LogP contribution < -0.4 is 11.1 Å². The van der Waals surface area contributed by atoms with Crippen LogP contribution in [0.2, 0.25) is 0 Å². The molecule has 0 amide bonds. The van der Waals surface area contributed by atoms with Crippen LogP contribution in [0, 0.1) is 6.92 Å². The fraction of sp³-hybridized carbons (Fsp3) is 0.294. The van der Waals surface area contributed by atoms with Crippen LogP contribution in [0.4, 0.5) is 11.8 Å². The number of aromatic nitrogens is 2. The molecule has 0 bridgehead atoms. The Bertz CT molecular complexity index is 832. The highest BCUT2D eigenvalue weighted by Crippen LogP contribution is 2.30. The molecular weight excluding hydrogens is 306 g/mol. The number of rotatable bonds is 4. The second kappa shape index (κ2) is 5.79. The first-order valence-corrected chi connectivity index (χ1v) is 8.63. The van der Waals surface area contributed by atoms with Crippen molar-refractivity contribution in [2.75, 3.05) is 24.1 Å². The first-order chi connectivity index (χ1) is 11.2. The first-order valence-electron chi connectivity index (χ1n) is 7.75. The number of thiophene rings is 1. The highest BCUT2D eigenvalue weighted by molar-refractivity contribution is 7.18. The minimum atomic E-state index is 0.329. The van der Waals surface area contributed by atoms with Gasteiger partial charge in [0.1, 0.15) is 5.82 Å². The summed E-state index contributed by atoms with van der Waals surface area (Å²) in [5, 5.41) is 5.53. The lowest BCUT2D eigenvalue weighted by Crippen LogP contribution is -2.24. The molecule has 3 aromatic rings. The van der Waals surface area contributed by atoms with Gasteiger partial charge >= 0.3 is 0 Å². The number of benzene rings is 1. The molecule has 4 rings (SSSR count). The van der Waals surface area contributed by atoms with Crippen LogP contribution in [-0.4, -0.2) is 28.0 Å². The normalized spacial score (nSPS) is 14.3. The molecule has 0 unspecified atom stereocenters. The monoisotopic (exact) mass is 325 g/mol. The van der Waals surface area contributed by atoms with Crippen LogP contribution in [0.15, 0.2) is 29.6 Å². The fourth-order valence-electron chi connectivity index (χ4n) is 3.06. The highest BCUT2D eigenvalue weighted by atomic mass is 32.1. The molecule has 0 radical (unpaired) electrons. The Morgan fingerprint density at radius 1 is 1.22 bits per heavy atom. The Balaban J connectivity index is 1.43. The molecule has 1 aliphatic rings. The van der Waals surface area contributed by atoms with Gasteiger partial charge in [-0.25, -0.2) is 4.98 Å². The van der Waals surface area contributed by atoms with E-state index in [0.717, 1.165) is 47.8 Å². The van der Waals surface area contributed by atoms with Gasteiger partial charge in [0.25, 0.3) is 0 Å². The van der Waals surface area contributed by atoms with E-state index >= 15 is 0 Å². The van der Waals surface area contributed by atoms with Crippen molar-refractivity contribution in [3.63, 3.8) is 0 Å². The number of fused-ring (bicyclic) bond motifs is 2. The van der Waals surface area contributed by atoms with E-state index in [9.17, 15) is 0 Å². The largest absolute Gasteiger partial charge is 0.368 e. The third kappa shape index (κ3) is 2.75. The van der Waals surface area contributed by atoms with Crippen molar-refractivity contribution in [2.24, 2.45) is 0 Å². The van der Waals surface area contributed by atoms with Gasteiger partial charge in [-0.2, -0.15) is 4.98 Å². The predicted molar refractivity (Wildman–Crippen MR) is 95.6 cm³/mol. The van der Waals surface area contributed by atoms with Crippen LogP contribution in [0.25, 0.3) is 10.2 Å². The molecule has 0 aliphatic carbocycles. The molecule has 0 atom stereocenters. The summed E-state index contributed by atoms with van der Waals surface area (Å²) in [5.41, 5.74) is 10.8. The second-order valence-electron chi connectivity index (χ2n) is 5.93. The second-order valence-corrected chi connectivity index (χ2v) is 6.81. The number of nitrogens with zero attached hydrogens (tertiary/aromatic N) is 3. The molecule has 1 aromatic carbocycles. The van der Waals surface area contributed by atoms with Crippen LogP contribution in [0.1, 0.15) is 16.7 Å². The topological polar surface area (TPSA) is 67.1 Å². The molecule has 0 saturated heterocycles. The molecule has 3 N–H and O–H groups in total. The number of hydrogen-bond donors (Lipinski definition) is 2. The quantitative estimate of drug-likeness (QED) is 0.772. The third-order valence-electron chi connectivity index (χ3n) is 4.24.